The fourth-order valence-electron chi connectivity index (χ4n) is 4.92. The van der Waals surface area contributed by atoms with Crippen molar-refractivity contribution >= 4 is 21.4 Å². The Kier molecular flexibility index (Phi) is 5.34. The maximum Gasteiger partial charge on any atom is 0.151 e. The minimum absolute atomic E-state index is 0.113. The highest BCUT2D eigenvalue weighted by Gasteiger charge is 2.31. The predicted molar refractivity (Wildman–Crippen MR) is 132 cm³/mol. The molecular weight excluding hydrogens is 414 g/mol. The summed E-state index contributed by atoms with van der Waals surface area (Å²) in [7, 11) is 0. The molecule has 1 fully saturated rings. The van der Waals surface area contributed by atoms with E-state index in [0.29, 0.717) is 0 Å². The molecule has 0 radical (unpaired) electrons. The zero-order valence-corrected chi connectivity index (χ0v) is 18.9. The van der Waals surface area contributed by atoms with Crippen LogP contribution in [0.2, 0.25) is 0 Å². The molecule has 1 atom stereocenters. The van der Waals surface area contributed by atoms with Crippen LogP contribution in [0.3, 0.4) is 0 Å². The number of ether oxygens (including phenoxy) is 2. The van der Waals surface area contributed by atoms with Crippen molar-refractivity contribution in [1.82, 2.24) is 4.90 Å². The number of nitrogens with zero attached hydrogens (tertiary/aromatic N) is 1. The molecule has 0 saturated carbocycles. The average molecular weight is 442 g/mol. The SMILES string of the molecule is c1ccc2c(c1)O[C@H](c1ccc(OCCN3CCCCC3)cc1)c1c-2sc2ccccc12. The molecule has 0 spiro atoms. The summed E-state index contributed by atoms with van der Waals surface area (Å²) >= 11 is 1.86. The van der Waals surface area contributed by atoms with Crippen LogP contribution < -0.4 is 9.47 Å². The number of likely N-dealkylation sites (tertiary alicyclic amines) is 1. The molecule has 6 rings (SSSR count). The molecule has 162 valence electrons. The van der Waals surface area contributed by atoms with Crippen LogP contribution in [0.15, 0.2) is 72.8 Å². The van der Waals surface area contributed by atoms with Crippen LogP contribution in [-0.4, -0.2) is 31.1 Å². The fraction of sp³-hybridized carbons (Fsp3) is 0.286. The Morgan fingerprint density at radius 3 is 2.53 bits per heavy atom. The van der Waals surface area contributed by atoms with Gasteiger partial charge in [0, 0.05) is 32.6 Å². The molecule has 4 aromatic rings. The van der Waals surface area contributed by atoms with E-state index < -0.39 is 0 Å². The molecule has 32 heavy (non-hydrogen) atoms. The first kappa shape index (κ1) is 19.8. The summed E-state index contributed by atoms with van der Waals surface area (Å²) < 4.78 is 13.9. The van der Waals surface area contributed by atoms with Crippen LogP contribution in [0.5, 0.6) is 11.5 Å². The van der Waals surface area contributed by atoms with Crippen molar-refractivity contribution in [2.24, 2.45) is 0 Å². The van der Waals surface area contributed by atoms with Crippen LogP contribution in [0, 0.1) is 0 Å². The first-order valence-corrected chi connectivity index (χ1v) is 12.4. The van der Waals surface area contributed by atoms with Gasteiger partial charge in [0.25, 0.3) is 0 Å². The molecule has 3 heterocycles. The number of thiophene rings is 1. The van der Waals surface area contributed by atoms with Crippen molar-refractivity contribution in [3.63, 3.8) is 0 Å². The number of rotatable bonds is 5. The van der Waals surface area contributed by atoms with Crippen LogP contribution in [-0.2, 0) is 0 Å². The van der Waals surface area contributed by atoms with Crippen molar-refractivity contribution in [3.05, 3.63) is 83.9 Å². The normalized spacial score (nSPS) is 18.1. The Morgan fingerprint density at radius 2 is 1.66 bits per heavy atom. The van der Waals surface area contributed by atoms with E-state index in [0.717, 1.165) is 30.2 Å². The summed E-state index contributed by atoms with van der Waals surface area (Å²) in [5.74, 6) is 1.88. The van der Waals surface area contributed by atoms with E-state index in [1.54, 1.807) is 0 Å². The van der Waals surface area contributed by atoms with Crippen LogP contribution in [0.1, 0.15) is 36.5 Å². The standard InChI is InChI=1S/C28H27NO2S/c1-6-16-29(17-7-1)18-19-30-21-14-12-20(13-15-21)27-26-23-9-3-5-11-25(23)32-28(26)22-8-2-4-10-24(22)31-27/h2-5,8-15,27H,1,6-7,16-19H2/t27-/m1/s1. The van der Waals surface area contributed by atoms with Gasteiger partial charge in [-0.2, -0.15) is 0 Å². The highest BCUT2D eigenvalue weighted by molar-refractivity contribution is 7.22. The first-order valence-electron chi connectivity index (χ1n) is 11.6. The molecule has 3 nitrogen and oxygen atoms in total. The third-order valence-corrected chi connectivity index (χ3v) is 7.80. The molecule has 3 aromatic carbocycles. The van der Waals surface area contributed by atoms with Gasteiger partial charge in [0.05, 0.1) is 0 Å². The summed E-state index contributed by atoms with van der Waals surface area (Å²) in [5.41, 5.74) is 3.63. The van der Waals surface area contributed by atoms with Crippen LogP contribution in [0.25, 0.3) is 20.5 Å². The molecule has 0 N–H and O–H groups in total. The molecular formula is C28H27NO2S. The Balaban J connectivity index is 1.26. The summed E-state index contributed by atoms with van der Waals surface area (Å²) in [6.45, 7) is 4.17. The van der Waals surface area contributed by atoms with Crippen molar-refractivity contribution in [2.75, 3.05) is 26.2 Å². The highest BCUT2D eigenvalue weighted by atomic mass is 32.1. The fourth-order valence-corrected chi connectivity index (χ4v) is 6.18. The molecule has 0 amide bonds. The zero-order valence-electron chi connectivity index (χ0n) is 18.1. The average Bonchev–Trinajstić information content (AvgIpc) is 3.25. The second kappa shape index (κ2) is 8.61. The van der Waals surface area contributed by atoms with Gasteiger partial charge in [0.1, 0.15) is 18.1 Å². The highest BCUT2D eigenvalue weighted by Crippen LogP contribution is 2.51. The molecule has 0 unspecified atom stereocenters. The minimum Gasteiger partial charge on any atom is -0.492 e. The van der Waals surface area contributed by atoms with Gasteiger partial charge in [0.15, 0.2) is 6.10 Å². The van der Waals surface area contributed by atoms with Gasteiger partial charge in [0.2, 0.25) is 0 Å². The summed E-state index contributed by atoms with van der Waals surface area (Å²) in [4.78, 5) is 3.83. The lowest BCUT2D eigenvalue weighted by molar-refractivity contribution is 0.183. The van der Waals surface area contributed by atoms with Gasteiger partial charge < -0.3 is 9.47 Å². The van der Waals surface area contributed by atoms with Gasteiger partial charge in [-0.05, 0) is 61.8 Å². The lowest BCUT2D eigenvalue weighted by Gasteiger charge is -2.27. The largest absolute Gasteiger partial charge is 0.492 e. The lowest BCUT2D eigenvalue weighted by Crippen LogP contribution is -2.33. The van der Waals surface area contributed by atoms with Gasteiger partial charge >= 0.3 is 0 Å². The number of hydrogen-bond acceptors (Lipinski definition) is 4. The van der Waals surface area contributed by atoms with E-state index in [2.05, 4.69) is 71.6 Å². The monoisotopic (exact) mass is 441 g/mol. The van der Waals surface area contributed by atoms with Gasteiger partial charge in [-0.15, -0.1) is 11.3 Å². The number of para-hydroxylation sites is 1. The van der Waals surface area contributed by atoms with E-state index in [1.165, 1.54) is 58.4 Å². The number of hydrogen-bond donors (Lipinski definition) is 0. The molecule has 2 aliphatic rings. The summed E-state index contributed by atoms with van der Waals surface area (Å²) in [6, 6.07) is 25.5. The van der Waals surface area contributed by atoms with Crippen LogP contribution >= 0.6 is 11.3 Å². The van der Waals surface area contributed by atoms with Crippen molar-refractivity contribution in [2.45, 2.75) is 25.4 Å². The van der Waals surface area contributed by atoms with E-state index >= 15 is 0 Å². The topological polar surface area (TPSA) is 21.7 Å². The molecule has 4 heteroatoms. The van der Waals surface area contributed by atoms with Gasteiger partial charge in [-0.25, -0.2) is 0 Å². The van der Waals surface area contributed by atoms with Crippen molar-refractivity contribution < 1.29 is 9.47 Å². The number of benzene rings is 3. The van der Waals surface area contributed by atoms with Crippen molar-refractivity contribution in [1.29, 1.82) is 0 Å². The third-order valence-electron chi connectivity index (χ3n) is 6.58. The van der Waals surface area contributed by atoms with Gasteiger partial charge in [-0.1, -0.05) is 48.9 Å². The van der Waals surface area contributed by atoms with E-state index in [4.69, 9.17) is 9.47 Å². The first-order chi connectivity index (χ1) is 15.9. The smallest absolute Gasteiger partial charge is 0.151 e. The Bertz CT molecular complexity index is 1220. The zero-order chi connectivity index (χ0) is 21.3. The maximum atomic E-state index is 6.57. The molecule has 0 bridgehead atoms. The van der Waals surface area contributed by atoms with Gasteiger partial charge in [-0.3, -0.25) is 4.90 Å². The summed E-state index contributed by atoms with van der Waals surface area (Å²) in [6.07, 6.45) is 3.89. The maximum absolute atomic E-state index is 6.57. The Labute approximate surface area is 193 Å². The van der Waals surface area contributed by atoms with Crippen molar-refractivity contribution in [3.8, 4) is 21.9 Å². The van der Waals surface area contributed by atoms with E-state index in [1.807, 2.05) is 17.4 Å². The number of fused-ring (bicyclic) bond motifs is 5. The molecule has 0 aliphatic carbocycles. The minimum atomic E-state index is -0.113. The molecule has 1 saturated heterocycles. The second-order valence-corrected chi connectivity index (χ2v) is 9.71. The van der Waals surface area contributed by atoms with E-state index in [9.17, 15) is 0 Å². The Hall–Kier alpha value is -2.82. The predicted octanol–water partition coefficient (Wildman–Crippen LogP) is 6.91. The second-order valence-electron chi connectivity index (χ2n) is 8.65. The molecule has 1 aromatic heterocycles. The molecule has 2 aliphatic heterocycles. The quantitative estimate of drug-likeness (QED) is 0.336. The number of piperidine rings is 1. The van der Waals surface area contributed by atoms with Crippen LogP contribution in [0.4, 0.5) is 0 Å². The Morgan fingerprint density at radius 1 is 0.875 bits per heavy atom. The lowest BCUT2D eigenvalue weighted by atomic mass is 9.93. The van der Waals surface area contributed by atoms with E-state index in [-0.39, 0.29) is 6.10 Å². The third kappa shape index (κ3) is 3.68. The summed E-state index contributed by atoms with van der Waals surface area (Å²) in [5, 5.41) is 1.29.